The van der Waals surface area contributed by atoms with Gasteiger partial charge >= 0.3 is 0 Å². The maximum absolute atomic E-state index is 6.03. The molecule has 2 aromatic rings. The first-order valence-electron chi connectivity index (χ1n) is 5.91. The van der Waals surface area contributed by atoms with E-state index in [2.05, 4.69) is 52.2 Å². The molecular formula is C15H16INO. The van der Waals surface area contributed by atoms with Gasteiger partial charge in [0.25, 0.3) is 0 Å². The van der Waals surface area contributed by atoms with Crippen LogP contribution in [-0.4, -0.2) is 13.6 Å². The Balaban J connectivity index is 2.14. The van der Waals surface area contributed by atoms with Crippen molar-refractivity contribution in [2.24, 2.45) is 0 Å². The Morgan fingerprint density at radius 3 is 2.33 bits per heavy atom. The summed E-state index contributed by atoms with van der Waals surface area (Å²) in [6, 6.07) is 18.4. The normalized spacial score (nSPS) is 12.1. The molecule has 0 fully saturated rings. The lowest BCUT2D eigenvalue weighted by Gasteiger charge is -2.19. The van der Waals surface area contributed by atoms with Gasteiger partial charge in [0, 0.05) is 10.1 Å². The molecule has 2 rings (SSSR count). The van der Waals surface area contributed by atoms with Crippen molar-refractivity contribution >= 4 is 22.6 Å². The van der Waals surface area contributed by atoms with Crippen LogP contribution in [0.3, 0.4) is 0 Å². The third-order valence-electron chi connectivity index (χ3n) is 2.65. The van der Waals surface area contributed by atoms with E-state index in [1.54, 1.807) is 0 Å². The lowest BCUT2D eigenvalue weighted by atomic mass is 10.1. The Morgan fingerprint density at radius 1 is 1.06 bits per heavy atom. The number of hydrogen-bond acceptors (Lipinski definition) is 2. The molecular weight excluding hydrogens is 337 g/mol. The summed E-state index contributed by atoms with van der Waals surface area (Å²) < 4.78 is 7.24. The largest absolute Gasteiger partial charge is 0.484 e. The molecule has 1 N–H and O–H groups in total. The molecule has 0 bridgehead atoms. The first kappa shape index (κ1) is 13.4. The lowest BCUT2D eigenvalue weighted by molar-refractivity contribution is 0.205. The second kappa shape index (κ2) is 6.75. The van der Waals surface area contributed by atoms with Crippen molar-refractivity contribution in [1.29, 1.82) is 0 Å². The molecule has 0 heterocycles. The van der Waals surface area contributed by atoms with Gasteiger partial charge in [-0.3, -0.25) is 0 Å². The minimum atomic E-state index is 0.0382. The Bertz CT molecular complexity index is 470. The monoisotopic (exact) mass is 353 g/mol. The van der Waals surface area contributed by atoms with Gasteiger partial charge in [-0.25, -0.2) is 0 Å². The number of ether oxygens (including phenoxy) is 1. The Morgan fingerprint density at radius 2 is 1.72 bits per heavy atom. The van der Waals surface area contributed by atoms with Gasteiger partial charge in [0.2, 0.25) is 0 Å². The maximum Gasteiger partial charge on any atom is 0.136 e. The summed E-state index contributed by atoms with van der Waals surface area (Å²) in [5.74, 6) is 0.902. The molecule has 0 aliphatic heterocycles. The molecule has 3 heteroatoms. The van der Waals surface area contributed by atoms with Gasteiger partial charge in [-0.2, -0.15) is 0 Å². The van der Waals surface area contributed by atoms with Crippen molar-refractivity contribution in [3.63, 3.8) is 0 Å². The molecule has 0 saturated carbocycles. The smallest absolute Gasteiger partial charge is 0.136 e. The molecule has 0 aliphatic rings. The average Bonchev–Trinajstić information content (AvgIpc) is 2.42. The number of benzene rings is 2. The van der Waals surface area contributed by atoms with E-state index in [0.717, 1.165) is 12.3 Å². The Hall–Kier alpha value is -1.07. The molecule has 1 atom stereocenters. The zero-order valence-corrected chi connectivity index (χ0v) is 12.4. The lowest BCUT2D eigenvalue weighted by Crippen LogP contribution is -2.21. The van der Waals surface area contributed by atoms with Crippen LogP contribution in [0.25, 0.3) is 0 Å². The number of likely N-dealkylation sites (N-methyl/N-ethyl adjacent to an activating group) is 1. The molecule has 2 aromatic carbocycles. The molecule has 0 saturated heterocycles. The number of hydrogen-bond donors (Lipinski definition) is 1. The van der Waals surface area contributed by atoms with Gasteiger partial charge in [-0.1, -0.05) is 30.3 Å². The maximum atomic E-state index is 6.03. The van der Waals surface area contributed by atoms with Crippen LogP contribution >= 0.6 is 22.6 Å². The predicted molar refractivity (Wildman–Crippen MR) is 82.9 cm³/mol. The minimum Gasteiger partial charge on any atom is -0.484 e. The van der Waals surface area contributed by atoms with E-state index in [9.17, 15) is 0 Å². The van der Waals surface area contributed by atoms with E-state index in [1.165, 1.54) is 9.13 Å². The van der Waals surface area contributed by atoms with E-state index < -0.39 is 0 Å². The topological polar surface area (TPSA) is 21.3 Å². The van der Waals surface area contributed by atoms with E-state index in [4.69, 9.17) is 4.74 Å². The van der Waals surface area contributed by atoms with Gasteiger partial charge in [-0.05, 0) is 59.5 Å². The molecule has 0 aliphatic carbocycles. The van der Waals surface area contributed by atoms with Gasteiger partial charge < -0.3 is 10.1 Å². The van der Waals surface area contributed by atoms with E-state index in [-0.39, 0.29) is 6.10 Å². The fraction of sp³-hybridized carbons (Fsp3) is 0.200. The highest BCUT2D eigenvalue weighted by Crippen LogP contribution is 2.22. The average molecular weight is 353 g/mol. The second-order valence-corrected chi connectivity index (χ2v) is 5.27. The van der Waals surface area contributed by atoms with Crippen LogP contribution in [0.5, 0.6) is 5.75 Å². The van der Waals surface area contributed by atoms with Crippen LogP contribution < -0.4 is 10.1 Å². The summed E-state index contributed by atoms with van der Waals surface area (Å²) in [5, 5.41) is 3.17. The molecule has 0 spiro atoms. The molecule has 94 valence electrons. The molecule has 0 radical (unpaired) electrons. The van der Waals surface area contributed by atoms with Crippen LogP contribution in [0.2, 0.25) is 0 Å². The van der Waals surface area contributed by atoms with Crippen LogP contribution in [0.4, 0.5) is 0 Å². The summed E-state index contributed by atoms with van der Waals surface area (Å²) in [5.41, 5.74) is 1.19. The van der Waals surface area contributed by atoms with Crippen molar-refractivity contribution < 1.29 is 4.74 Å². The zero-order valence-electron chi connectivity index (χ0n) is 10.3. The molecule has 0 amide bonds. The minimum absolute atomic E-state index is 0.0382. The van der Waals surface area contributed by atoms with Crippen molar-refractivity contribution in [1.82, 2.24) is 5.32 Å². The Labute approximate surface area is 122 Å². The van der Waals surface area contributed by atoms with Gasteiger partial charge in [0.1, 0.15) is 11.9 Å². The van der Waals surface area contributed by atoms with Crippen LogP contribution in [0.1, 0.15) is 11.7 Å². The van der Waals surface area contributed by atoms with Gasteiger partial charge in [0.05, 0.1) is 0 Å². The Kier molecular flexibility index (Phi) is 5.01. The summed E-state index contributed by atoms with van der Waals surface area (Å²) in [4.78, 5) is 0. The first-order chi connectivity index (χ1) is 8.79. The van der Waals surface area contributed by atoms with Crippen molar-refractivity contribution in [3.05, 3.63) is 63.7 Å². The van der Waals surface area contributed by atoms with Crippen molar-refractivity contribution in [2.45, 2.75) is 6.10 Å². The molecule has 0 aromatic heterocycles. The standard InChI is InChI=1S/C15H16INO/c1-17-11-15(12-5-3-2-4-6-12)18-14-9-7-13(16)8-10-14/h2-10,15,17H,11H2,1H3. The highest BCUT2D eigenvalue weighted by atomic mass is 127. The molecule has 1 unspecified atom stereocenters. The second-order valence-electron chi connectivity index (χ2n) is 4.03. The van der Waals surface area contributed by atoms with Gasteiger partial charge in [-0.15, -0.1) is 0 Å². The third-order valence-corrected chi connectivity index (χ3v) is 3.37. The van der Waals surface area contributed by atoms with Crippen molar-refractivity contribution in [3.8, 4) is 5.75 Å². The number of halogens is 1. The molecule has 2 nitrogen and oxygen atoms in total. The van der Waals surface area contributed by atoms with E-state index >= 15 is 0 Å². The van der Waals surface area contributed by atoms with Crippen LogP contribution in [0, 0.1) is 3.57 Å². The number of nitrogens with one attached hydrogen (secondary N) is 1. The third kappa shape index (κ3) is 3.71. The highest BCUT2D eigenvalue weighted by molar-refractivity contribution is 14.1. The van der Waals surface area contributed by atoms with Crippen LogP contribution in [-0.2, 0) is 0 Å². The van der Waals surface area contributed by atoms with Gasteiger partial charge in [0.15, 0.2) is 0 Å². The fourth-order valence-corrected chi connectivity index (χ4v) is 2.12. The fourth-order valence-electron chi connectivity index (χ4n) is 1.76. The SMILES string of the molecule is CNCC(Oc1ccc(I)cc1)c1ccccc1. The summed E-state index contributed by atoms with van der Waals surface area (Å²) in [6.45, 7) is 0.788. The first-order valence-corrected chi connectivity index (χ1v) is 6.99. The van der Waals surface area contributed by atoms with E-state index in [0.29, 0.717) is 0 Å². The van der Waals surface area contributed by atoms with E-state index in [1.807, 2.05) is 37.4 Å². The summed E-state index contributed by atoms with van der Waals surface area (Å²) >= 11 is 2.29. The quantitative estimate of drug-likeness (QED) is 0.829. The number of rotatable bonds is 5. The summed E-state index contributed by atoms with van der Waals surface area (Å²) in [7, 11) is 1.94. The highest BCUT2D eigenvalue weighted by Gasteiger charge is 2.11. The predicted octanol–water partition coefficient (Wildman–Crippen LogP) is 3.63. The summed E-state index contributed by atoms with van der Waals surface area (Å²) in [6.07, 6.45) is 0.0382. The van der Waals surface area contributed by atoms with Crippen LogP contribution in [0.15, 0.2) is 54.6 Å². The molecule has 18 heavy (non-hydrogen) atoms. The zero-order chi connectivity index (χ0) is 12.8. The van der Waals surface area contributed by atoms with Crippen molar-refractivity contribution in [2.75, 3.05) is 13.6 Å².